The topological polar surface area (TPSA) is 30.0 Å². The van der Waals surface area contributed by atoms with E-state index in [1.165, 1.54) is 0 Å². The molecule has 0 atom stereocenters. The number of alkyl halides is 2. The molecule has 0 aromatic carbocycles. The molecule has 1 aromatic heterocycles. The predicted octanol–water partition coefficient (Wildman–Crippen LogP) is 2.54. The van der Waals surface area contributed by atoms with Crippen molar-refractivity contribution in [3.63, 3.8) is 0 Å². The number of pyridine rings is 1. The van der Waals surface area contributed by atoms with Gasteiger partial charge in [0, 0.05) is 11.6 Å². The standard InChI is InChI=1S/C7H3ClF3NO/c8-6(13)3-1-4(7(10)11)12-5(9)2-3/h1-2,7H. The maximum Gasteiger partial charge on any atom is 0.280 e. The van der Waals surface area contributed by atoms with E-state index in [0.29, 0.717) is 6.07 Å². The quantitative estimate of drug-likeness (QED) is 0.553. The van der Waals surface area contributed by atoms with Crippen molar-refractivity contribution in [1.29, 1.82) is 0 Å². The third kappa shape index (κ3) is 2.42. The zero-order valence-corrected chi connectivity index (χ0v) is 6.86. The second kappa shape index (κ2) is 3.74. The molecule has 13 heavy (non-hydrogen) atoms. The first-order chi connectivity index (χ1) is 6.00. The van der Waals surface area contributed by atoms with Crippen LogP contribution in [0.25, 0.3) is 0 Å². The van der Waals surface area contributed by atoms with Gasteiger partial charge in [-0.25, -0.2) is 13.8 Å². The average Bonchev–Trinajstić information content (AvgIpc) is 2.03. The zero-order chi connectivity index (χ0) is 10.0. The fraction of sp³-hybridized carbons (Fsp3) is 0.143. The SMILES string of the molecule is O=C(Cl)c1cc(F)nc(C(F)F)c1. The second-order valence-electron chi connectivity index (χ2n) is 2.18. The third-order valence-corrected chi connectivity index (χ3v) is 1.48. The molecule has 1 heterocycles. The molecule has 0 N–H and O–H groups in total. The van der Waals surface area contributed by atoms with Gasteiger partial charge in [-0.15, -0.1) is 0 Å². The Morgan fingerprint density at radius 2 is 2.08 bits per heavy atom. The minimum atomic E-state index is -2.93. The Balaban J connectivity index is 3.19. The van der Waals surface area contributed by atoms with Gasteiger partial charge in [-0.1, -0.05) is 0 Å². The van der Waals surface area contributed by atoms with Crippen molar-refractivity contribution >= 4 is 16.8 Å². The number of aromatic nitrogens is 1. The number of hydrogen-bond acceptors (Lipinski definition) is 2. The van der Waals surface area contributed by atoms with Crippen molar-refractivity contribution in [2.45, 2.75) is 6.43 Å². The van der Waals surface area contributed by atoms with Gasteiger partial charge in [0.15, 0.2) is 0 Å². The molecule has 0 bridgehead atoms. The molecule has 0 radical (unpaired) electrons. The van der Waals surface area contributed by atoms with E-state index in [-0.39, 0.29) is 5.56 Å². The van der Waals surface area contributed by atoms with E-state index >= 15 is 0 Å². The first-order valence-corrected chi connectivity index (χ1v) is 3.54. The minimum absolute atomic E-state index is 0.329. The van der Waals surface area contributed by atoms with Crippen molar-refractivity contribution in [2.75, 3.05) is 0 Å². The van der Waals surface area contributed by atoms with Gasteiger partial charge in [0.1, 0.15) is 5.69 Å². The average molecular weight is 210 g/mol. The molecule has 2 nitrogen and oxygen atoms in total. The normalized spacial score (nSPS) is 10.5. The molecule has 0 aliphatic rings. The lowest BCUT2D eigenvalue weighted by atomic mass is 10.2. The molecule has 0 fully saturated rings. The smallest absolute Gasteiger partial charge is 0.276 e. The second-order valence-corrected chi connectivity index (χ2v) is 2.52. The fourth-order valence-electron chi connectivity index (χ4n) is 0.742. The van der Waals surface area contributed by atoms with E-state index in [1.807, 2.05) is 0 Å². The van der Waals surface area contributed by atoms with Gasteiger partial charge in [-0.2, -0.15) is 4.39 Å². The van der Waals surface area contributed by atoms with Crippen molar-refractivity contribution in [3.8, 4) is 0 Å². The lowest BCUT2D eigenvalue weighted by Crippen LogP contribution is -1.98. The van der Waals surface area contributed by atoms with Crippen molar-refractivity contribution < 1.29 is 18.0 Å². The van der Waals surface area contributed by atoms with Crippen LogP contribution in [-0.4, -0.2) is 10.2 Å². The Labute approximate surface area is 76.3 Å². The van der Waals surface area contributed by atoms with Crippen LogP contribution >= 0.6 is 11.6 Å². The van der Waals surface area contributed by atoms with Crippen LogP contribution in [0.3, 0.4) is 0 Å². The zero-order valence-electron chi connectivity index (χ0n) is 6.10. The van der Waals surface area contributed by atoms with Gasteiger partial charge >= 0.3 is 0 Å². The van der Waals surface area contributed by atoms with E-state index in [1.54, 1.807) is 0 Å². The summed E-state index contributed by atoms with van der Waals surface area (Å²) in [5.74, 6) is -1.15. The number of hydrogen-bond donors (Lipinski definition) is 0. The van der Waals surface area contributed by atoms with Crippen molar-refractivity contribution in [3.05, 3.63) is 29.3 Å². The van der Waals surface area contributed by atoms with Crippen LogP contribution in [0.2, 0.25) is 0 Å². The molecule has 0 aliphatic heterocycles. The molecule has 6 heteroatoms. The molecule has 1 rings (SSSR count). The molecule has 0 spiro atoms. The Hall–Kier alpha value is -1.10. The van der Waals surface area contributed by atoms with E-state index in [4.69, 9.17) is 11.6 Å². The van der Waals surface area contributed by atoms with Gasteiger partial charge in [-0.3, -0.25) is 4.79 Å². The summed E-state index contributed by atoms with van der Waals surface area (Å²) in [4.78, 5) is 13.4. The molecular formula is C7H3ClF3NO. The molecule has 0 saturated heterocycles. The molecule has 70 valence electrons. The maximum absolute atomic E-state index is 12.5. The lowest BCUT2D eigenvalue weighted by Gasteiger charge is -2.00. The van der Waals surface area contributed by atoms with E-state index in [0.717, 1.165) is 6.07 Å². The van der Waals surface area contributed by atoms with Gasteiger partial charge in [0.05, 0.1) is 0 Å². The van der Waals surface area contributed by atoms with Crippen molar-refractivity contribution in [1.82, 2.24) is 4.98 Å². The Morgan fingerprint density at radius 3 is 2.54 bits per heavy atom. The summed E-state index contributed by atoms with van der Waals surface area (Å²) < 4.78 is 36.5. The summed E-state index contributed by atoms with van der Waals surface area (Å²) in [5.41, 5.74) is -1.13. The number of carbonyl (C=O) groups is 1. The summed E-state index contributed by atoms with van der Waals surface area (Å²) in [5, 5.41) is -0.997. The largest absolute Gasteiger partial charge is 0.280 e. The summed E-state index contributed by atoms with van der Waals surface area (Å²) in [7, 11) is 0. The number of carbonyl (C=O) groups excluding carboxylic acids is 1. The lowest BCUT2D eigenvalue weighted by molar-refractivity contribution is 0.107. The van der Waals surface area contributed by atoms with Crippen LogP contribution < -0.4 is 0 Å². The summed E-state index contributed by atoms with van der Waals surface area (Å²) in [6.07, 6.45) is -2.93. The Bertz CT molecular complexity index is 343. The fourth-order valence-corrected chi connectivity index (χ4v) is 0.852. The highest BCUT2D eigenvalue weighted by Crippen LogP contribution is 2.18. The van der Waals surface area contributed by atoms with Crippen LogP contribution in [0.4, 0.5) is 13.2 Å². The van der Waals surface area contributed by atoms with Crippen LogP contribution in [0.5, 0.6) is 0 Å². The van der Waals surface area contributed by atoms with Crippen LogP contribution in [0, 0.1) is 5.95 Å². The van der Waals surface area contributed by atoms with E-state index < -0.39 is 23.3 Å². The third-order valence-electron chi connectivity index (χ3n) is 1.26. The number of halogens is 4. The highest BCUT2D eigenvalue weighted by Gasteiger charge is 2.14. The molecular weight excluding hydrogens is 207 g/mol. The molecule has 0 unspecified atom stereocenters. The van der Waals surface area contributed by atoms with Gasteiger partial charge in [0.25, 0.3) is 11.7 Å². The summed E-state index contributed by atoms with van der Waals surface area (Å²) in [6.45, 7) is 0. The molecule has 0 aliphatic carbocycles. The summed E-state index contributed by atoms with van der Waals surface area (Å²) >= 11 is 4.97. The minimum Gasteiger partial charge on any atom is -0.276 e. The monoisotopic (exact) mass is 209 g/mol. The first-order valence-electron chi connectivity index (χ1n) is 3.16. The van der Waals surface area contributed by atoms with E-state index in [2.05, 4.69) is 4.98 Å². The maximum atomic E-state index is 12.5. The van der Waals surface area contributed by atoms with Gasteiger partial charge < -0.3 is 0 Å². The predicted molar refractivity (Wildman–Crippen MR) is 39.3 cm³/mol. The van der Waals surface area contributed by atoms with Gasteiger partial charge in [-0.05, 0) is 17.7 Å². The van der Waals surface area contributed by atoms with E-state index in [9.17, 15) is 18.0 Å². The first kappa shape index (κ1) is 9.98. The Morgan fingerprint density at radius 1 is 1.46 bits per heavy atom. The highest BCUT2D eigenvalue weighted by atomic mass is 35.5. The van der Waals surface area contributed by atoms with Crippen LogP contribution in [-0.2, 0) is 0 Å². The van der Waals surface area contributed by atoms with Crippen LogP contribution in [0.15, 0.2) is 12.1 Å². The number of rotatable bonds is 2. The number of nitrogens with zero attached hydrogens (tertiary/aromatic N) is 1. The molecule has 0 saturated carbocycles. The Kier molecular flexibility index (Phi) is 2.87. The summed E-state index contributed by atoms with van der Waals surface area (Å²) in [6, 6.07) is 1.45. The van der Waals surface area contributed by atoms with Crippen LogP contribution in [0.1, 0.15) is 22.5 Å². The van der Waals surface area contributed by atoms with Gasteiger partial charge in [0.2, 0.25) is 5.95 Å². The highest BCUT2D eigenvalue weighted by molar-refractivity contribution is 6.67. The molecule has 1 aromatic rings. The molecule has 0 amide bonds. The van der Waals surface area contributed by atoms with Crippen molar-refractivity contribution in [2.24, 2.45) is 0 Å².